The van der Waals surface area contributed by atoms with Gasteiger partial charge in [-0.15, -0.1) is 0 Å². The Morgan fingerprint density at radius 1 is 0.962 bits per heavy atom. The lowest BCUT2D eigenvalue weighted by Crippen LogP contribution is -2.14. The van der Waals surface area contributed by atoms with Gasteiger partial charge in [-0.3, -0.25) is 4.79 Å². The van der Waals surface area contributed by atoms with Crippen LogP contribution in [0.3, 0.4) is 0 Å². The van der Waals surface area contributed by atoms with Crippen LogP contribution in [0.15, 0.2) is 34.8 Å². The number of hydrogen-bond acceptors (Lipinski definition) is 4. The van der Waals surface area contributed by atoms with Crippen molar-refractivity contribution in [3.8, 4) is 17.2 Å². The highest BCUT2D eigenvalue weighted by Crippen LogP contribution is 2.38. The van der Waals surface area contributed by atoms with E-state index < -0.39 is 0 Å². The van der Waals surface area contributed by atoms with E-state index in [1.807, 2.05) is 18.2 Å². The fraction of sp³-hybridized carbons (Fsp3) is 0.350. The van der Waals surface area contributed by atoms with Crippen molar-refractivity contribution in [3.05, 3.63) is 45.9 Å². The van der Waals surface area contributed by atoms with Gasteiger partial charge in [-0.25, -0.2) is 0 Å². The Labute approximate surface area is 162 Å². The number of ether oxygens (including phenoxy) is 3. The van der Waals surface area contributed by atoms with E-state index in [2.05, 4.69) is 42.0 Å². The van der Waals surface area contributed by atoms with E-state index in [1.54, 1.807) is 12.1 Å². The van der Waals surface area contributed by atoms with Crippen molar-refractivity contribution in [2.24, 2.45) is 0 Å². The largest absolute Gasteiger partial charge is 0.493 e. The maximum atomic E-state index is 12.7. The lowest BCUT2D eigenvalue weighted by Gasteiger charge is -2.20. The van der Waals surface area contributed by atoms with Gasteiger partial charge >= 0.3 is 0 Å². The molecule has 1 amide bonds. The summed E-state index contributed by atoms with van der Waals surface area (Å²) in [5, 5.41) is 2.91. The normalized spacial score (nSPS) is 11.0. The quantitative estimate of drug-likeness (QED) is 0.735. The van der Waals surface area contributed by atoms with Gasteiger partial charge in [0.1, 0.15) is 0 Å². The molecule has 0 spiro atoms. The Kier molecular flexibility index (Phi) is 6.18. The second-order valence-electron chi connectivity index (χ2n) is 6.81. The fourth-order valence-corrected chi connectivity index (χ4v) is 2.97. The Balaban J connectivity index is 2.33. The molecule has 0 bridgehead atoms. The van der Waals surface area contributed by atoms with Crippen molar-refractivity contribution < 1.29 is 19.0 Å². The van der Waals surface area contributed by atoms with Gasteiger partial charge in [-0.1, -0.05) is 26.8 Å². The molecular formula is C20H24BrNO4. The summed E-state index contributed by atoms with van der Waals surface area (Å²) in [6.07, 6.45) is 0. The first-order valence-corrected chi connectivity index (χ1v) is 8.92. The predicted octanol–water partition coefficient (Wildman–Crippen LogP) is 5.02. The number of methoxy groups -OCH3 is 3. The number of benzene rings is 2. The van der Waals surface area contributed by atoms with Crippen LogP contribution < -0.4 is 19.5 Å². The van der Waals surface area contributed by atoms with Crippen LogP contribution in [0, 0.1) is 0 Å². The second kappa shape index (κ2) is 7.99. The van der Waals surface area contributed by atoms with E-state index in [-0.39, 0.29) is 11.3 Å². The van der Waals surface area contributed by atoms with E-state index in [0.717, 1.165) is 4.47 Å². The molecule has 5 nitrogen and oxygen atoms in total. The molecule has 0 atom stereocenters. The zero-order chi connectivity index (χ0) is 19.5. The van der Waals surface area contributed by atoms with Crippen molar-refractivity contribution in [2.45, 2.75) is 26.2 Å². The van der Waals surface area contributed by atoms with Gasteiger partial charge < -0.3 is 19.5 Å². The Bertz CT molecular complexity index is 787. The Morgan fingerprint density at radius 3 is 1.96 bits per heavy atom. The number of nitrogens with one attached hydrogen (secondary N) is 1. The lowest BCUT2D eigenvalue weighted by atomic mass is 9.87. The van der Waals surface area contributed by atoms with Gasteiger partial charge in [0.15, 0.2) is 11.5 Å². The molecule has 0 aliphatic rings. The Hall–Kier alpha value is -2.21. The molecule has 6 heteroatoms. The first-order valence-electron chi connectivity index (χ1n) is 8.12. The minimum Gasteiger partial charge on any atom is -0.493 e. The third kappa shape index (κ3) is 4.30. The van der Waals surface area contributed by atoms with Crippen LogP contribution in [-0.2, 0) is 5.41 Å². The van der Waals surface area contributed by atoms with Crippen LogP contribution in [0.4, 0.5) is 5.69 Å². The van der Waals surface area contributed by atoms with Crippen LogP contribution in [0.25, 0.3) is 0 Å². The van der Waals surface area contributed by atoms with Crippen LogP contribution >= 0.6 is 15.9 Å². The maximum Gasteiger partial charge on any atom is 0.255 e. The summed E-state index contributed by atoms with van der Waals surface area (Å²) >= 11 is 3.54. The number of anilines is 1. The molecule has 0 heterocycles. The lowest BCUT2D eigenvalue weighted by molar-refractivity contribution is 0.102. The fourth-order valence-electron chi connectivity index (χ4n) is 2.49. The summed E-state index contributed by atoms with van der Waals surface area (Å²) in [6.45, 7) is 6.43. The van der Waals surface area contributed by atoms with E-state index in [0.29, 0.717) is 28.5 Å². The zero-order valence-corrected chi connectivity index (χ0v) is 17.5. The molecule has 0 unspecified atom stereocenters. The molecule has 0 aliphatic carbocycles. The summed E-state index contributed by atoms with van der Waals surface area (Å²) in [6, 6.07) is 9.16. The number of halogens is 1. The molecule has 0 aromatic heterocycles. The molecule has 2 rings (SSSR count). The average molecular weight is 422 g/mol. The third-order valence-corrected chi connectivity index (χ3v) is 4.67. The second-order valence-corrected chi connectivity index (χ2v) is 7.67. The molecule has 0 fully saturated rings. The van der Waals surface area contributed by atoms with E-state index in [9.17, 15) is 4.79 Å². The van der Waals surface area contributed by atoms with Crippen LogP contribution in [0.2, 0.25) is 0 Å². The molecule has 140 valence electrons. The highest BCUT2D eigenvalue weighted by atomic mass is 79.9. The van der Waals surface area contributed by atoms with E-state index >= 15 is 0 Å². The summed E-state index contributed by atoms with van der Waals surface area (Å²) in [5.74, 6) is 1.04. The monoisotopic (exact) mass is 421 g/mol. The first kappa shape index (κ1) is 20.1. The SMILES string of the molecule is COc1cc(C(=O)Nc2ccc(C(C)(C)C)cc2Br)cc(OC)c1OC. The molecule has 0 saturated heterocycles. The topological polar surface area (TPSA) is 56.8 Å². The molecule has 2 aromatic rings. The molecule has 26 heavy (non-hydrogen) atoms. The number of carbonyl (C=O) groups excluding carboxylic acids is 1. The Morgan fingerprint density at radius 2 is 1.54 bits per heavy atom. The van der Waals surface area contributed by atoms with Crippen LogP contribution in [0.5, 0.6) is 17.2 Å². The van der Waals surface area contributed by atoms with Gasteiger partial charge in [-0.2, -0.15) is 0 Å². The number of hydrogen-bond donors (Lipinski definition) is 1. The van der Waals surface area contributed by atoms with Gasteiger partial charge in [0, 0.05) is 10.0 Å². The van der Waals surface area contributed by atoms with Gasteiger partial charge in [0.2, 0.25) is 5.75 Å². The molecule has 0 aliphatic heterocycles. The minimum absolute atomic E-state index is 0.0295. The summed E-state index contributed by atoms with van der Waals surface area (Å²) in [7, 11) is 4.55. The first-order chi connectivity index (χ1) is 12.2. The van der Waals surface area contributed by atoms with E-state index in [1.165, 1.54) is 26.9 Å². The third-order valence-electron chi connectivity index (χ3n) is 4.01. The summed E-state index contributed by atoms with van der Waals surface area (Å²) in [4.78, 5) is 12.7. The van der Waals surface area contributed by atoms with E-state index in [4.69, 9.17) is 14.2 Å². The average Bonchev–Trinajstić information content (AvgIpc) is 2.60. The van der Waals surface area contributed by atoms with Gasteiger partial charge in [-0.05, 0) is 51.2 Å². The smallest absolute Gasteiger partial charge is 0.255 e. The zero-order valence-electron chi connectivity index (χ0n) is 15.9. The van der Waals surface area contributed by atoms with Crippen molar-refractivity contribution in [3.63, 3.8) is 0 Å². The minimum atomic E-state index is -0.270. The van der Waals surface area contributed by atoms with Crippen molar-refractivity contribution in [1.29, 1.82) is 0 Å². The molecular weight excluding hydrogens is 398 g/mol. The molecule has 2 aromatic carbocycles. The van der Waals surface area contributed by atoms with Gasteiger partial charge in [0.25, 0.3) is 5.91 Å². The van der Waals surface area contributed by atoms with Crippen LogP contribution in [0.1, 0.15) is 36.7 Å². The van der Waals surface area contributed by atoms with Crippen molar-refractivity contribution in [2.75, 3.05) is 26.6 Å². The number of rotatable bonds is 5. The summed E-state index contributed by atoms with van der Waals surface area (Å²) in [5.41, 5.74) is 2.31. The highest BCUT2D eigenvalue weighted by molar-refractivity contribution is 9.10. The maximum absolute atomic E-state index is 12.7. The molecule has 1 N–H and O–H groups in total. The molecule has 0 radical (unpaired) electrons. The van der Waals surface area contributed by atoms with Crippen molar-refractivity contribution >= 4 is 27.5 Å². The standard InChI is InChI=1S/C20H24BrNO4/c1-20(2,3)13-7-8-15(14(21)11-13)22-19(23)12-9-16(24-4)18(26-6)17(10-12)25-5/h7-11H,1-6H3,(H,22,23). The van der Waals surface area contributed by atoms with Crippen molar-refractivity contribution in [1.82, 2.24) is 0 Å². The number of amides is 1. The molecule has 0 saturated carbocycles. The number of carbonyl (C=O) groups is 1. The van der Waals surface area contributed by atoms with Gasteiger partial charge in [0.05, 0.1) is 27.0 Å². The predicted molar refractivity (Wildman–Crippen MR) is 107 cm³/mol. The highest BCUT2D eigenvalue weighted by Gasteiger charge is 2.19. The van der Waals surface area contributed by atoms with Crippen LogP contribution in [-0.4, -0.2) is 27.2 Å². The summed E-state index contributed by atoms with van der Waals surface area (Å²) < 4.78 is 16.7.